The summed E-state index contributed by atoms with van der Waals surface area (Å²) >= 11 is 0. The van der Waals surface area contributed by atoms with Gasteiger partial charge in [-0.25, -0.2) is 8.42 Å². The van der Waals surface area contributed by atoms with Gasteiger partial charge >= 0.3 is 0 Å². The van der Waals surface area contributed by atoms with Crippen LogP contribution in [0.3, 0.4) is 0 Å². The van der Waals surface area contributed by atoms with Gasteiger partial charge in [0.15, 0.2) is 0 Å². The minimum Gasteiger partial charge on any atom is -0.326 e. The third kappa shape index (κ3) is 4.89. The van der Waals surface area contributed by atoms with Crippen LogP contribution >= 0.6 is 0 Å². The fourth-order valence-corrected chi connectivity index (χ4v) is 5.04. The van der Waals surface area contributed by atoms with Crippen molar-refractivity contribution in [3.63, 3.8) is 0 Å². The predicted octanol–water partition coefficient (Wildman–Crippen LogP) is 3.75. The van der Waals surface area contributed by atoms with Crippen molar-refractivity contribution in [2.24, 2.45) is 0 Å². The third-order valence-electron chi connectivity index (χ3n) is 4.72. The zero-order chi connectivity index (χ0) is 19.3. The molecule has 5 nitrogen and oxygen atoms in total. The van der Waals surface area contributed by atoms with Gasteiger partial charge in [0.2, 0.25) is 15.9 Å². The Morgan fingerprint density at radius 2 is 1.93 bits per heavy atom. The lowest BCUT2D eigenvalue weighted by molar-refractivity contribution is -0.116. The smallest absolute Gasteiger partial charge is 0.235 e. The van der Waals surface area contributed by atoms with Crippen molar-refractivity contribution < 1.29 is 13.2 Å². The summed E-state index contributed by atoms with van der Waals surface area (Å²) in [5, 5.41) is 2.93. The number of sulfonamides is 1. The highest BCUT2D eigenvalue weighted by Gasteiger charge is 2.26. The quantitative estimate of drug-likeness (QED) is 0.788. The first-order valence-electron chi connectivity index (χ1n) is 9.47. The molecular weight excluding hydrogens is 360 g/mol. The molecule has 1 amide bonds. The van der Waals surface area contributed by atoms with E-state index in [0.717, 1.165) is 35.3 Å². The van der Waals surface area contributed by atoms with E-state index < -0.39 is 10.0 Å². The van der Waals surface area contributed by atoms with E-state index in [0.29, 0.717) is 25.8 Å². The van der Waals surface area contributed by atoms with Gasteiger partial charge in [-0.15, -0.1) is 0 Å². The van der Waals surface area contributed by atoms with Crippen LogP contribution in [-0.4, -0.2) is 26.6 Å². The van der Waals surface area contributed by atoms with Gasteiger partial charge in [-0.05, 0) is 55.0 Å². The molecule has 144 valence electrons. The first-order chi connectivity index (χ1) is 13.0. The van der Waals surface area contributed by atoms with E-state index in [2.05, 4.69) is 5.32 Å². The molecule has 1 heterocycles. The topological polar surface area (TPSA) is 66.5 Å². The Labute approximate surface area is 161 Å². The fourth-order valence-electron chi connectivity index (χ4n) is 3.42. The van der Waals surface area contributed by atoms with E-state index in [4.69, 9.17) is 0 Å². The van der Waals surface area contributed by atoms with Crippen LogP contribution < -0.4 is 9.62 Å². The molecule has 27 heavy (non-hydrogen) atoms. The van der Waals surface area contributed by atoms with Crippen molar-refractivity contribution in [3.05, 3.63) is 59.7 Å². The van der Waals surface area contributed by atoms with Gasteiger partial charge < -0.3 is 5.32 Å². The molecule has 1 N–H and O–H groups in total. The maximum Gasteiger partial charge on any atom is 0.235 e. The fraction of sp³-hybridized carbons (Fsp3) is 0.381. The van der Waals surface area contributed by atoms with Crippen LogP contribution in [0.25, 0.3) is 0 Å². The molecule has 0 bridgehead atoms. The lowest BCUT2D eigenvalue weighted by Crippen LogP contribution is -2.37. The first-order valence-corrected chi connectivity index (χ1v) is 11.1. The molecule has 2 aromatic carbocycles. The highest BCUT2D eigenvalue weighted by atomic mass is 32.2. The Morgan fingerprint density at radius 1 is 1.15 bits per heavy atom. The second-order valence-corrected chi connectivity index (χ2v) is 8.88. The lowest BCUT2D eigenvalue weighted by Gasteiger charge is -2.30. The summed E-state index contributed by atoms with van der Waals surface area (Å²) < 4.78 is 26.5. The number of hydrogen-bond donors (Lipinski definition) is 1. The summed E-state index contributed by atoms with van der Waals surface area (Å²) in [6.07, 6.45) is 3.32. The molecular formula is C21H26N2O3S. The summed E-state index contributed by atoms with van der Waals surface area (Å²) in [5.41, 5.74) is 3.58. The van der Waals surface area contributed by atoms with E-state index in [1.54, 1.807) is 6.07 Å². The number of carbonyl (C=O) groups excluding carboxylic acids is 1. The summed E-state index contributed by atoms with van der Waals surface area (Å²) in [7, 11) is -3.28. The molecule has 6 heteroatoms. The van der Waals surface area contributed by atoms with Crippen LogP contribution in [0.5, 0.6) is 0 Å². The monoisotopic (exact) mass is 386 g/mol. The summed E-state index contributed by atoms with van der Waals surface area (Å²) in [4.78, 5) is 12.2. The van der Waals surface area contributed by atoms with Gasteiger partial charge in [0.1, 0.15) is 0 Å². The van der Waals surface area contributed by atoms with Crippen LogP contribution in [0, 0.1) is 0 Å². The molecule has 0 saturated heterocycles. The maximum atomic E-state index is 12.5. The molecule has 0 fully saturated rings. The van der Waals surface area contributed by atoms with E-state index in [9.17, 15) is 13.2 Å². The standard InChI is InChI=1S/C21H26N2O3S/c1-2-15-27(25,26)23-14-6-9-18-16-19(11-12-20(18)23)22-21(24)13-10-17-7-4-3-5-8-17/h3-5,7-8,11-12,16H,2,6,9-10,13-15H2,1H3,(H,22,24). The molecule has 2 aromatic rings. The van der Waals surface area contributed by atoms with Crippen molar-refractivity contribution in [1.29, 1.82) is 0 Å². The minimum absolute atomic E-state index is 0.0370. The summed E-state index contributed by atoms with van der Waals surface area (Å²) in [6.45, 7) is 2.40. The molecule has 0 unspecified atom stereocenters. The highest BCUT2D eigenvalue weighted by Crippen LogP contribution is 2.32. The van der Waals surface area contributed by atoms with Gasteiger partial charge in [0, 0.05) is 18.7 Å². The van der Waals surface area contributed by atoms with Gasteiger partial charge in [0.25, 0.3) is 0 Å². The number of carbonyl (C=O) groups is 1. The average molecular weight is 387 g/mol. The van der Waals surface area contributed by atoms with E-state index >= 15 is 0 Å². The Morgan fingerprint density at radius 3 is 2.67 bits per heavy atom. The third-order valence-corrected chi connectivity index (χ3v) is 6.70. The Bertz CT molecular complexity index is 895. The molecule has 0 aromatic heterocycles. The lowest BCUT2D eigenvalue weighted by atomic mass is 10.0. The Balaban J connectivity index is 1.68. The molecule has 0 radical (unpaired) electrons. The molecule has 1 aliphatic heterocycles. The summed E-state index contributed by atoms with van der Waals surface area (Å²) in [5.74, 6) is 0.120. The van der Waals surface area contributed by atoms with Crippen molar-refractivity contribution in [2.45, 2.75) is 39.0 Å². The van der Waals surface area contributed by atoms with Gasteiger partial charge in [-0.1, -0.05) is 37.3 Å². The number of aryl methyl sites for hydroxylation is 2. The number of fused-ring (bicyclic) bond motifs is 1. The number of rotatable bonds is 7. The number of nitrogens with zero attached hydrogens (tertiary/aromatic N) is 1. The largest absolute Gasteiger partial charge is 0.326 e. The zero-order valence-electron chi connectivity index (χ0n) is 15.6. The Kier molecular flexibility index (Phi) is 6.16. The van der Waals surface area contributed by atoms with Crippen LogP contribution in [0.1, 0.15) is 37.3 Å². The Hall–Kier alpha value is -2.34. The minimum atomic E-state index is -3.28. The molecule has 3 rings (SSSR count). The van der Waals surface area contributed by atoms with Gasteiger partial charge in [0.05, 0.1) is 11.4 Å². The van der Waals surface area contributed by atoms with Crippen LogP contribution in [0.2, 0.25) is 0 Å². The van der Waals surface area contributed by atoms with E-state index in [-0.39, 0.29) is 11.7 Å². The van der Waals surface area contributed by atoms with E-state index in [1.165, 1.54) is 4.31 Å². The second-order valence-electron chi connectivity index (χ2n) is 6.87. The van der Waals surface area contributed by atoms with Crippen LogP contribution in [-0.2, 0) is 27.7 Å². The van der Waals surface area contributed by atoms with Crippen molar-refractivity contribution in [3.8, 4) is 0 Å². The number of hydrogen-bond acceptors (Lipinski definition) is 3. The maximum absolute atomic E-state index is 12.5. The van der Waals surface area contributed by atoms with Crippen LogP contribution in [0.4, 0.5) is 11.4 Å². The summed E-state index contributed by atoms with van der Waals surface area (Å²) in [6, 6.07) is 15.4. The number of anilines is 2. The predicted molar refractivity (Wildman–Crippen MR) is 110 cm³/mol. The SMILES string of the molecule is CCCS(=O)(=O)N1CCCc2cc(NC(=O)CCc3ccccc3)ccc21. The van der Waals surface area contributed by atoms with Crippen molar-refractivity contribution >= 4 is 27.3 Å². The number of amides is 1. The molecule has 0 spiro atoms. The molecule has 1 aliphatic rings. The number of nitrogens with one attached hydrogen (secondary N) is 1. The van der Waals surface area contributed by atoms with E-state index in [1.807, 2.05) is 49.4 Å². The van der Waals surface area contributed by atoms with Crippen molar-refractivity contribution in [2.75, 3.05) is 21.9 Å². The van der Waals surface area contributed by atoms with Gasteiger partial charge in [-0.3, -0.25) is 9.10 Å². The second kappa shape index (κ2) is 8.57. The first kappa shape index (κ1) is 19.4. The van der Waals surface area contributed by atoms with Crippen LogP contribution in [0.15, 0.2) is 48.5 Å². The number of benzene rings is 2. The van der Waals surface area contributed by atoms with Crippen molar-refractivity contribution in [1.82, 2.24) is 0 Å². The normalized spacial score (nSPS) is 13.9. The molecule has 0 atom stereocenters. The zero-order valence-corrected chi connectivity index (χ0v) is 16.5. The van der Waals surface area contributed by atoms with Gasteiger partial charge in [-0.2, -0.15) is 0 Å². The molecule has 0 saturated carbocycles. The molecule has 0 aliphatic carbocycles. The average Bonchev–Trinajstić information content (AvgIpc) is 2.66. The highest BCUT2D eigenvalue weighted by molar-refractivity contribution is 7.92.